The first-order valence-corrected chi connectivity index (χ1v) is 12.9. The summed E-state index contributed by atoms with van der Waals surface area (Å²) >= 11 is 0. The van der Waals surface area contributed by atoms with Crippen LogP contribution in [0.5, 0.6) is 5.75 Å². The zero-order valence-corrected chi connectivity index (χ0v) is 22.8. The largest absolute Gasteiger partial charge is 0.506 e. The van der Waals surface area contributed by atoms with Gasteiger partial charge < -0.3 is 35.1 Å². The van der Waals surface area contributed by atoms with E-state index in [9.17, 15) is 24.6 Å². The minimum absolute atomic E-state index is 0.0538. The van der Waals surface area contributed by atoms with E-state index >= 15 is 0 Å². The molecule has 11 nitrogen and oxygen atoms in total. The minimum Gasteiger partial charge on any atom is -0.506 e. The Kier molecular flexibility index (Phi) is 8.42. The Hall–Kier alpha value is -4.80. The van der Waals surface area contributed by atoms with Gasteiger partial charge in [0.25, 0.3) is 0 Å². The Morgan fingerprint density at radius 1 is 1.05 bits per heavy atom. The van der Waals surface area contributed by atoms with E-state index in [-0.39, 0.29) is 41.1 Å². The van der Waals surface area contributed by atoms with Crippen LogP contribution in [0.15, 0.2) is 59.1 Å². The van der Waals surface area contributed by atoms with Crippen LogP contribution in [-0.4, -0.2) is 43.7 Å². The number of rotatable bonds is 10. The Morgan fingerprint density at radius 2 is 1.75 bits per heavy atom. The van der Waals surface area contributed by atoms with Gasteiger partial charge in [0.1, 0.15) is 23.6 Å². The molecule has 2 heterocycles. The topological polar surface area (TPSA) is 159 Å². The van der Waals surface area contributed by atoms with E-state index < -0.39 is 30.0 Å². The van der Waals surface area contributed by atoms with Crippen molar-refractivity contribution in [2.24, 2.45) is 13.0 Å². The molecule has 40 heavy (non-hydrogen) atoms. The highest BCUT2D eigenvalue weighted by molar-refractivity contribution is 5.95. The molecule has 4 rings (SSSR count). The Labute approximate surface area is 231 Å². The number of aromatic carboxylic acids is 1. The number of anilines is 1. The maximum absolute atomic E-state index is 13.6. The van der Waals surface area contributed by atoms with E-state index in [0.717, 1.165) is 16.5 Å². The highest BCUT2D eigenvalue weighted by Gasteiger charge is 2.30. The predicted molar refractivity (Wildman–Crippen MR) is 149 cm³/mol. The normalized spacial score (nSPS) is 12.7. The van der Waals surface area contributed by atoms with Crippen molar-refractivity contribution in [3.8, 4) is 5.75 Å². The number of benzene rings is 2. The fourth-order valence-corrected chi connectivity index (χ4v) is 4.64. The van der Waals surface area contributed by atoms with Crippen LogP contribution in [0.2, 0.25) is 0 Å². The maximum Gasteiger partial charge on any atom is 0.358 e. The third-order valence-electron chi connectivity index (χ3n) is 6.51. The van der Waals surface area contributed by atoms with Gasteiger partial charge in [0.2, 0.25) is 11.8 Å². The fraction of sp³-hybridized carbons (Fsp3) is 0.310. The molecule has 210 valence electrons. The number of hydrogen-bond acceptors (Lipinski definition) is 6. The molecule has 2 aromatic heterocycles. The number of urea groups is 1. The van der Waals surface area contributed by atoms with Crippen LogP contribution in [0.1, 0.15) is 54.0 Å². The number of aryl methyl sites for hydroxylation is 2. The first-order chi connectivity index (χ1) is 19.0. The van der Waals surface area contributed by atoms with Crippen molar-refractivity contribution < 1.29 is 29.0 Å². The average Bonchev–Trinajstić information content (AvgIpc) is 3.44. The van der Waals surface area contributed by atoms with Crippen LogP contribution in [0.3, 0.4) is 0 Å². The molecule has 4 aromatic rings. The number of carboxylic acids is 1. The van der Waals surface area contributed by atoms with E-state index in [2.05, 4.69) is 20.9 Å². The molecular weight excluding hydrogens is 514 g/mol. The molecule has 0 saturated heterocycles. The summed E-state index contributed by atoms with van der Waals surface area (Å²) in [4.78, 5) is 42.2. The zero-order valence-electron chi connectivity index (χ0n) is 22.8. The lowest BCUT2D eigenvalue weighted by molar-refractivity contribution is -0.124. The molecule has 11 heteroatoms. The van der Waals surface area contributed by atoms with Crippen LogP contribution < -0.4 is 16.0 Å². The van der Waals surface area contributed by atoms with Crippen LogP contribution in [-0.2, 0) is 18.3 Å². The summed E-state index contributed by atoms with van der Waals surface area (Å²) in [5.41, 5.74) is 1.87. The van der Waals surface area contributed by atoms with Gasteiger partial charge >= 0.3 is 12.0 Å². The third kappa shape index (κ3) is 6.42. The highest BCUT2D eigenvalue weighted by Crippen LogP contribution is 2.27. The lowest BCUT2D eigenvalue weighted by Crippen LogP contribution is -2.49. The second-order valence-electron chi connectivity index (χ2n) is 10.1. The lowest BCUT2D eigenvalue weighted by Gasteiger charge is -2.23. The number of nitrogens with zero attached hydrogens (tertiary/aromatic N) is 2. The van der Waals surface area contributed by atoms with Crippen molar-refractivity contribution >= 4 is 34.5 Å². The van der Waals surface area contributed by atoms with E-state index in [1.807, 2.05) is 55.9 Å². The zero-order chi connectivity index (χ0) is 29.0. The summed E-state index contributed by atoms with van der Waals surface area (Å²) in [5.74, 6) is -1.59. The number of carbonyl (C=O) groups is 3. The smallest absolute Gasteiger partial charge is 0.358 e. The van der Waals surface area contributed by atoms with E-state index in [1.165, 1.54) is 19.1 Å². The predicted octanol–water partition coefficient (Wildman–Crippen LogP) is 4.51. The molecule has 2 unspecified atom stereocenters. The number of carboxylic acid groups (broad SMARTS) is 1. The lowest BCUT2D eigenvalue weighted by atomic mass is 10.0. The van der Waals surface area contributed by atoms with Crippen LogP contribution >= 0.6 is 0 Å². The molecule has 5 N–H and O–H groups in total. The van der Waals surface area contributed by atoms with Gasteiger partial charge in [0.05, 0.1) is 5.69 Å². The molecule has 0 spiro atoms. The summed E-state index contributed by atoms with van der Waals surface area (Å²) in [7, 11) is 1.92. The summed E-state index contributed by atoms with van der Waals surface area (Å²) < 4.78 is 7.69. The molecule has 2 atom stereocenters. The first-order valence-electron chi connectivity index (χ1n) is 12.9. The summed E-state index contributed by atoms with van der Waals surface area (Å²) in [5, 5.41) is 28.7. The summed E-state index contributed by atoms with van der Waals surface area (Å²) in [6.07, 6.45) is 2.54. The number of nitrogens with one attached hydrogen (secondary N) is 3. The highest BCUT2D eigenvalue weighted by atomic mass is 16.4. The van der Waals surface area contributed by atoms with Crippen LogP contribution in [0.4, 0.5) is 10.5 Å². The number of phenolic OH excluding ortho intramolecular Hbond substituents is 1. The Balaban J connectivity index is 1.61. The second kappa shape index (κ2) is 11.9. The SMILES string of the molecule is Cc1oc(C(Cc2cn(C)c3ccccc23)NC(=O)C(CC(C)C)NC(=O)Nc2ccccc2O)nc1C(=O)O. The number of aromatic hydroxyl groups is 1. The molecule has 0 aliphatic heterocycles. The number of phenols is 1. The quantitative estimate of drug-likeness (QED) is 0.183. The number of oxazole rings is 1. The van der Waals surface area contributed by atoms with Gasteiger partial charge in [-0.05, 0) is 43.0 Å². The molecular formula is C29H33N5O6. The monoisotopic (exact) mass is 547 g/mol. The van der Waals surface area contributed by atoms with E-state index in [1.54, 1.807) is 12.1 Å². The van der Waals surface area contributed by atoms with Crippen molar-refractivity contribution in [3.63, 3.8) is 0 Å². The Bertz CT molecular complexity index is 1540. The van der Waals surface area contributed by atoms with Gasteiger partial charge in [-0.15, -0.1) is 0 Å². The second-order valence-corrected chi connectivity index (χ2v) is 10.1. The summed E-state index contributed by atoms with van der Waals surface area (Å²) in [6, 6.07) is 11.7. The number of fused-ring (bicyclic) bond motifs is 1. The maximum atomic E-state index is 13.6. The third-order valence-corrected chi connectivity index (χ3v) is 6.51. The molecule has 0 bridgehead atoms. The summed E-state index contributed by atoms with van der Waals surface area (Å²) in [6.45, 7) is 5.35. The molecule has 0 saturated carbocycles. The van der Waals surface area contributed by atoms with Gasteiger partial charge in [0.15, 0.2) is 5.69 Å². The van der Waals surface area contributed by atoms with Crippen molar-refractivity contribution in [2.45, 2.75) is 45.7 Å². The Morgan fingerprint density at radius 3 is 2.42 bits per heavy atom. The van der Waals surface area contributed by atoms with E-state index in [4.69, 9.17) is 4.42 Å². The number of aromatic nitrogens is 2. The molecule has 0 radical (unpaired) electrons. The number of carbonyl (C=O) groups excluding carboxylic acids is 2. The van der Waals surface area contributed by atoms with Gasteiger partial charge in [-0.3, -0.25) is 4.79 Å². The molecule has 3 amide bonds. The van der Waals surface area contributed by atoms with Crippen LogP contribution in [0.25, 0.3) is 10.9 Å². The first kappa shape index (κ1) is 28.2. The number of para-hydroxylation sites is 3. The standard InChI is InChI=1S/C29H33N5O6/c1-16(2)13-21(32-29(39)31-20-10-6-8-12-24(20)35)26(36)30-22(27-33-25(28(37)38)17(3)40-27)14-18-15-34(4)23-11-7-5-9-19(18)23/h5-12,15-16,21-22,35H,13-14H2,1-4H3,(H,30,36)(H,37,38)(H2,31,32,39). The van der Waals surface area contributed by atoms with E-state index in [0.29, 0.717) is 6.42 Å². The fourth-order valence-electron chi connectivity index (χ4n) is 4.64. The molecule has 0 aliphatic rings. The minimum atomic E-state index is -1.23. The number of hydrogen-bond donors (Lipinski definition) is 5. The van der Waals surface area contributed by atoms with Crippen molar-refractivity contribution in [1.29, 1.82) is 0 Å². The van der Waals surface area contributed by atoms with Gasteiger partial charge in [-0.1, -0.05) is 44.2 Å². The van der Waals surface area contributed by atoms with Crippen molar-refractivity contribution in [3.05, 3.63) is 77.6 Å². The van der Waals surface area contributed by atoms with Gasteiger partial charge in [0, 0.05) is 30.6 Å². The van der Waals surface area contributed by atoms with Gasteiger partial charge in [-0.25, -0.2) is 14.6 Å². The molecule has 0 fully saturated rings. The van der Waals surface area contributed by atoms with Gasteiger partial charge in [-0.2, -0.15) is 0 Å². The van der Waals surface area contributed by atoms with Crippen molar-refractivity contribution in [2.75, 3.05) is 5.32 Å². The molecule has 0 aliphatic carbocycles. The van der Waals surface area contributed by atoms with Crippen molar-refractivity contribution in [1.82, 2.24) is 20.2 Å². The average molecular weight is 548 g/mol. The molecule has 2 aromatic carbocycles. The number of amides is 3. The van der Waals surface area contributed by atoms with Crippen LogP contribution in [0, 0.1) is 12.8 Å².